The predicted molar refractivity (Wildman–Crippen MR) is 102 cm³/mol. The Labute approximate surface area is 152 Å². The number of ether oxygens (including phenoxy) is 1. The number of para-hydroxylation sites is 1. The fourth-order valence-corrected chi connectivity index (χ4v) is 2.71. The van der Waals surface area contributed by atoms with Crippen LogP contribution in [-0.4, -0.2) is 25.0 Å². The summed E-state index contributed by atoms with van der Waals surface area (Å²) < 4.78 is 5.47. The molecule has 1 aliphatic rings. The van der Waals surface area contributed by atoms with Crippen molar-refractivity contribution in [2.45, 2.75) is 6.42 Å². The third-order valence-corrected chi connectivity index (χ3v) is 3.98. The average Bonchev–Trinajstić information content (AvgIpc) is 3.12. The summed E-state index contributed by atoms with van der Waals surface area (Å²) in [6.07, 6.45) is 5.68. The van der Waals surface area contributed by atoms with Crippen molar-refractivity contribution in [2.75, 3.05) is 18.5 Å². The molecule has 0 atom stereocenters. The molecule has 2 aromatic carbocycles. The van der Waals surface area contributed by atoms with Crippen LogP contribution in [0.15, 0.2) is 61.2 Å². The third-order valence-electron chi connectivity index (χ3n) is 3.98. The van der Waals surface area contributed by atoms with E-state index in [9.17, 15) is 9.59 Å². The van der Waals surface area contributed by atoms with Crippen LogP contribution >= 0.6 is 0 Å². The zero-order valence-corrected chi connectivity index (χ0v) is 14.3. The zero-order chi connectivity index (χ0) is 18.4. The van der Waals surface area contributed by atoms with Crippen molar-refractivity contribution in [3.05, 3.63) is 77.9 Å². The summed E-state index contributed by atoms with van der Waals surface area (Å²) in [6, 6.07) is 12.7. The third kappa shape index (κ3) is 4.19. The minimum absolute atomic E-state index is 0.261. The summed E-state index contributed by atoms with van der Waals surface area (Å²) in [5, 5.41) is 5.46. The van der Waals surface area contributed by atoms with Crippen molar-refractivity contribution in [3.63, 3.8) is 0 Å². The Balaban J connectivity index is 1.68. The summed E-state index contributed by atoms with van der Waals surface area (Å²) in [7, 11) is 0. The Bertz CT molecular complexity index is 871. The number of benzene rings is 2. The van der Waals surface area contributed by atoms with Gasteiger partial charge in [-0.1, -0.05) is 24.3 Å². The predicted octanol–water partition coefficient (Wildman–Crippen LogP) is 3.19. The minimum Gasteiger partial charge on any atom is -0.493 e. The van der Waals surface area contributed by atoms with Gasteiger partial charge in [-0.05, 0) is 41.5 Å². The van der Waals surface area contributed by atoms with Gasteiger partial charge in [0.1, 0.15) is 5.75 Å². The van der Waals surface area contributed by atoms with Gasteiger partial charge >= 0.3 is 0 Å². The molecular formula is C21H20N2O3. The molecule has 2 N–H and O–H groups in total. The molecule has 0 saturated heterocycles. The first-order valence-electron chi connectivity index (χ1n) is 8.40. The normalized spacial score (nSPS) is 12.3. The number of carbonyl (C=O) groups is 2. The molecule has 5 nitrogen and oxygen atoms in total. The molecule has 0 saturated carbocycles. The molecule has 0 unspecified atom stereocenters. The highest BCUT2D eigenvalue weighted by atomic mass is 16.5. The van der Waals surface area contributed by atoms with E-state index in [1.165, 1.54) is 6.08 Å². The molecule has 0 radical (unpaired) electrons. The SMILES string of the molecule is C=CCNC(=O)c1ccccc1NC(=O)/C=C/c1ccc2c(c1)CCO2. The molecule has 26 heavy (non-hydrogen) atoms. The molecule has 0 bridgehead atoms. The van der Waals surface area contributed by atoms with Crippen molar-refractivity contribution in [2.24, 2.45) is 0 Å². The molecule has 132 valence electrons. The van der Waals surface area contributed by atoms with Gasteiger partial charge in [-0.2, -0.15) is 0 Å². The maximum Gasteiger partial charge on any atom is 0.253 e. The van der Waals surface area contributed by atoms with E-state index < -0.39 is 0 Å². The molecule has 0 aliphatic carbocycles. The van der Waals surface area contributed by atoms with Crippen LogP contribution in [0.25, 0.3) is 6.08 Å². The van der Waals surface area contributed by atoms with Crippen molar-refractivity contribution in [1.82, 2.24) is 5.32 Å². The van der Waals surface area contributed by atoms with Gasteiger partial charge in [-0.3, -0.25) is 9.59 Å². The molecule has 0 spiro atoms. The van der Waals surface area contributed by atoms with Crippen molar-refractivity contribution >= 4 is 23.6 Å². The number of amides is 2. The van der Waals surface area contributed by atoms with Crippen LogP contribution in [0.3, 0.4) is 0 Å². The van der Waals surface area contributed by atoms with Gasteiger partial charge in [0.2, 0.25) is 5.91 Å². The highest BCUT2D eigenvalue weighted by Gasteiger charge is 2.12. The zero-order valence-electron chi connectivity index (χ0n) is 14.3. The van der Waals surface area contributed by atoms with E-state index in [0.717, 1.165) is 23.3 Å². The van der Waals surface area contributed by atoms with Crippen molar-refractivity contribution in [1.29, 1.82) is 0 Å². The molecular weight excluding hydrogens is 328 g/mol. The Hall–Kier alpha value is -3.34. The van der Waals surface area contributed by atoms with Crippen LogP contribution in [0.4, 0.5) is 5.69 Å². The lowest BCUT2D eigenvalue weighted by molar-refractivity contribution is -0.111. The number of rotatable bonds is 6. The highest BCUT2D eigenvalue weighted by molar-refractivity contribution is 6.07. The first-order valence-corrected chi connectivity index (χ1v) is 8.40. The number of hydrogen-bond donors (Lipinski definition) is 2. The van der Waals surface area contributed by atoms with Crippen LogP contribution in [0.1, 0.15) is 21.5 Å². The van der Waals surface area contributed by atoms with Crippen molar-refractivity contribution < 1.29 is 14.3 Å². The second-order valence-corrected chi connectivity index (χ2v) is 5.83. The number of fused-ring (bicyclic) bond motifs is 1. The smallest absolute Gasteiger partial charge is 0.253 e. The minimum atomic E-state index is -0.300. The lowest BCUT2D eigenvalue weighted by Gasteiger charge is -2.09. The Morgan fingerprint density at radius 1 is 1.19 bits per heavy atom. The van der Waals surface area contributed by atoms with Gasteiger partial charge in [-0.15, -0.1) is 6.58 Å². The Kier molecular flexibility index (Phi) is 5.49. The molecule has 3 rings (SSSR count). The molecule has 2 amide bonds. The van der Waals surface area contributed by atoms with Crippen LogP contribution in [0.2, 0.25) is 0 Å². The second-order valence-electron chi connectivity index (χ2n) is 5.83. The topological polar surface area (TPSA) is 67.4 Å². The summed E-state index contributed by atoms with van der Waals surface area (Å²) in [5.41, 5.74) is 2.95. The van der Waals surface area contributed by atoms with E-state index in [1.807, 2.05) is 18.2 Å². The molecule has 5 heteroatoms. The highest BCUT2D eigenvalue weighted by Crippen LogP contribution is 2.26. The van der Waals surface area contributed by atoms with E-state index in [4.69, 9.17) is 4.74 Å². The van der Waals surface area contributed by atoms with Crippen LogP contribution in [0, 0.1) is 0 Å². The molecule has 0 fully saturated rings. The van der Waals surface area contributed by atoms with E-state index in [0.29, 0.717) is 24.4 Å². The van der Waals surface area contributed by atoms with Gasteiger partial charge in [0.15, 0.2) is 0 Å². The maximum absolute atomic E-state index is 12.2. The molecule has 1 aliphatic heterocycles. The maximum atomic E-state index is 12.2. The number of hydrogen-bond acceptors (Lipinski definition) is 3. The molecule has 2 aromatic rings. The van der Waals surface area contributed by atoms with Gasteiger partial charge in [0.25, 0.3) is 5.91 Å². The first kappa shape index (κ1) is 17.5. The Morgan fingerprint density at radius 3 is 2.88 bits per heavy atom. The largest absolute Gasteiger partial charge is 0.493 e. The van der Waals surface area contributed by atoms with Gasteiger partial charge in [0.05, 0.1) is 17.9 Å². The first-order chi connectivity index (χ1) is 12.7. The Morgan fingerprint density at radius 2 is 2.04 bits per heavy atom. The van der Waals surface area contributed by atoms with E-state index in [2.05, 4.69) is 17.2 Å². The van der Waals surface area contributed by atoms with Crippen LogP contribution in [0.5, 0.6) is 5.75 Å². The monoisotopic (exact) mass is 348 g/mol. The number of nitrogens with one attached hydrogen (secondary N) is 2. The van der Waals surface area contributed by atoms with Gasteiger partial charge < -0.3 is 15.4 Å². The summed E-state index contributed by atoms with van der Waals surface area (Å²) in [6.45, 7) is 4.64. The fourth-order valence-electron chi connectivity index (χ4n) is 2.71. The lowest BCUT2D eigenvalue weighted by Crippen LogP contribution is -2.24. The van der Waals surface area contributed by atoms with Crippen LogP contribution < -0.4 is 15.4 Å². The van der Waals surface area contributed by atoms with E-state index in [1.54, 1.807) is 36.4 Å². The van der Waals surface area contributed by atoms with Crippen molar-refractivity contribution in [3.8, 4) is 5.75 Å². The van der Waals surface area contributed by atoms with Gasteiger partial charge in [-0.25, -0.2) is 0 Å². The molecule has 1 heterocycles. The average molecular weight is 348 g/mol. The lowest BCUT2D eigenvalue weighted by atomic mass is 10.1. The molecule has 0 aromatic heterocycles. The van der Waals surface area contributed by atoms with E-state index in [-0.39, 0.29) is 11.8 Å². The van der Waals surface area contributed by atoms with E-state index >= 15 is 0 Å². The number of anilines is 1. The second kappa shape index (κ2) is 8.16. The number of carbonyl (C=O) groups excluding carboxylic acids is 2. The summed E-state index contributed by atoms with van der Waals surface area (Å²) >= 11 is 0. The van der Waals surface area contributed by atoms with Gasteiger partial charge in [0, 0.05) is 19.0 Å². The summed E-state index contributed by atoms with van der Waals surface area (Å²) in [4.78, 5) is 24.4. The quantitative estimate of drug-likeness (QED) is 0.622. The standard InChI is InChI=1S/C21H20N2O3/c1-2-12-22-21(25)17-5-3-4-6-18(17)23-20(24)10-8-15-7-9-19-16(14-15)11-13-26-19/h2-10,14H,1,11-13H2,(H,22,25)(H,23,24)/b10-8+. The fraction of sp³-hybridized carbons (Fsp3) is 0.143. The summed E-state index contributed by atoms with van der Waals surface area (Å²) in [5.74, 6) is 0.347. The van der Waals surface area contributed by atoms with Crippen LogP contribution in [-0.2, 0) is 11.2 Å².